The van der Waals surface area contributed by atoms with Gasteiger partial charge in [0.25, 0.3) is 0 Å². The number of hydrogen-bond donors (Lipinski definition) is 8. The fourth-order valence-electron chi connectivity index (χ4n) is 3.33. The number of thiol groups is 1. The minimum absolute atomic E-state index is 0.0104. The van der Waals surface area contributed by atoms with Crippen molar-refractivity contribution < 1.29 is 29.4 Å². The van der Waals surface area contributed by atoms with Gasteiger partial charge in [-0.05, 0) is 17.5 Å². The Bertz CT molecular complexity index is 1030. The zero-order valence-corrected chi connectivity index (χ0v) is 19.8. The van der Waals surface area contributed by atoms with Gasteiger partial charge >= 0.3 is 5.97 Å². The molecule has 0 fully saturated rings. The highest BCUT2D eigenvalue weighted by Gasteiger charge is 2.31. The second-order valence-corrected chi connectivity index (χ2v) is 8.59. The van der Waals surface area contributed by atoms with Gasteiger partial charge in [-0.15, -0.1) is 0 Å². The largest absolute Gasteiger partial charge is 0.480 e. The number of aromatic amines is 1. The molecular weight excluding hydrogens is 462 g/mol. The summed E-state index contributed by atoms with van der Waals surface area (Å²) in [5.74, 6) is -3.72. The molecule has 1 aromatic carbocycles. The highest BCUT2D eigenvalue weighted by Crippen LogP contribution is 2.19. The second kappa shape index (κ2) is 12.4. The van der Waals surface area contributed by atoms with Gasteiger partial charge in [0.15, 0.2) is 0 Å². The number of carboxylic acid groups (broad SMARTS) is 1. The molecule has 4 atom stereocenters. The minimum Gasteiger partial charge on any atom is -0.480 e. The van der Waals surface area contributed by atoms with Crippen LogP contribution in [0.4, 0.5) is 0 Å². The molecule has 0 aliphatic rings. The highest BCUT2D eigenvalue weighted by molar-refractivity contribution is 7.80. The third-order valence-electron chi connectivity index (χ3n) is 5.31. The summed E-state index contributed by atoms with van der Waals surface area (Å²) in [6.45, 7) is 2.60. The number of aromatic nitrogens is 1. The van der Waals surface area contributed by atoms with Crippen molar-refractivity contribution in [3.8, 4) is 0 Å². The Labute approximate surface area is 202 Å². The lowest BCUT2D eigenvalue weighted by Crippen LogP contribution is -2.59. The number of hydrogen-bond acceptors (Lipinski definition) is 7. The first-order valence-electron chi connectivity index (χ1n) is 10.7. The summed E-state index contributed by atoms with van der Waals surface area (Å²) in [7, 11) is 0. The van der Waals surface area contributed by atoms with Crippen molar-refractivity contribution in [1.82, 2.24) is 20.9 Å². The zero-order valence-electron chi connectivity index (χ0n) is 18.9. The maximum atomic E-state index is 12.7. The number of para-hydroxylation sites is 1. The van der Waals surface area contributed by atoms with E-state index in [4.69, 9.17) is 5.73 Å². The highest BCUT2D eigenvalue weighted by atomic mass is 32.1. The number of nitrogens with one attached hydrogen (secondary N) is 4. The van der Waals surface area contributed by atoms with Gasteiger partial charge in [-0.1, -0.05) is 32.0 Å². The quantitative estimate of drug-likeness (QED) is 0.177. The van der Waals surface area contributed by atoms with Crippen LogP contribution in [0.15, 0.2) is 30.5 Å². The van der Waals surface area contributed by atoms with Crippen LogP contribution in [0.3, 0.4) is 0 Å². The topological polar surface area (TPSA) is 187 Å². The molecule has 12 heteroatoms. The van der Waals surface area contributed by atoms with Crippen LogP contribution in [0.25, 0.3) is 10.9 Å². The summed E-state index contributed by atoms with van der Waals surface area (Å²) in [6.07, 6.45) is 1.66. The Morgan fingerprint density at radius 2 is 1.68 bits per heavy atom. The number of aliphatic carboxylic acids is 1. The summed E-state index contributed by atoms with van der Waals surface area (Å²) >= 11 is 3.96. The maximum absolute atomic E-state index is 12.7. The van der Waals surface area contributed by atoms with E-state index in [9.17, 15) is 29.4 Å². The first kappa shape index (κ1) is 27.2. The minimum atomic E-state index is -1.42. The maximum Gasteiger partial charge on any atom is 0.326 e. The van der Waals surface area contributed by atoms with E-state index in [0.29, 0.717) is 5.56 Å². The van der Waals surface area contributed by atoms with E-state index < -0.39 is 54.5 Å². The third kappa shape index (κ3) is 6.95. The van der Waals surface area contributed by atoms with E-state index in [-0.39, 0.29) is 18.1 Å². The van der Waals surface area contributed by atoms with E-state index in [1.165, 1.54) is 0 Å². The molecule has 0 radical (unpaired) electrons. The van der Waals surface area contributed by atoms with Crippen molar-refractivity contribution >= 4 is 47.2 Å². The summed E-state index contributed by atoms with van der Waals surface area (Å²) in [4.78, 5) is 52.4. The van der Waals surface area contributed by atoms with Gasteiger partial charge in [-0.25, -0.2) is 4.79 Å². The van der Waals surface area contributed by atoms with E-state index in [2.05, 4.69) is 33.6 Å². The van der Waals surface area contributed by atoms with Gasteiger partial charge in [0.2, 0.25) is 17.7 Å². The molecule has 4 unspecified atom stereocenters. The Morgan fingerprint density at radius 1 is 1.03 bits per heavy atom. The number of H-pyrrole nitrogens is 1. The summed E-state index contributed by atoms with van der Waals surface area (Å²) < 4.78 is 0. The van der Waals surface area contributed by atoms with Crippen LogP contribution in [0.5, 0.6) is 0 Å². The molecule has 0 aliphatic heterocycles. The molecule has 1 aromatic heterocycles. The van der Waals surface area contributed by atoms with Crippen LogP contribution in [-0.4, -0.2) is 75.4 Å². The summed E-state index contributed by atoms with van der Waals surface area (Å²) in [5.41, 5.74) is 7.15. The molecule has 0 bridgehead atoms. The predicted octanol–water partition coefficient (Wildman–Crippen LogP) is -0.845. The Balaban J connectivity index is 2.09. The fourth-order valence-corrected chi connectivity index (χ4v) is 3.49. The van der Waals surface area contributed by atoms with Crippen molar-refractivity contribution in [2.45, 2.75) is 44.4 Å². The van der Waals surface area contributed by atoms with Crippen molar-refractivity contribution in [2.24, 2.45) is 11.7 Å². The van der Waals surface area contributed by atoms with E-state index in [1.807, 2.05) is 24.3 Å². The van der Waals surface area contributed by atoms with Gasteiger partial charge in [0.05, 0.1) is 12.6 Å². The van der Waals surface area contributed by atoms with Crippen molar-refractivity contribution in [3.63, 3.8) is 0 Å². The van der Waals surface area contributed by atoms with Gasteiger partial charge in [0.1, 0.15) is 18.1 Å². The molecule has 1 heterocycles. The smallest absolute Gasteiger partial charge is 0.326 e. The molecular formula is C22H31N5O6S. The van der Waals surface area contributed by atoms with Crippen molar-refractivity contribution in [2.75, 3.05) is 12.4 Å². The molecule has 11 nitrogen and oxygen atoms in total. The number of benzene rings is 1. The number of amides is 3. The Hall–Kier alpha value is -3.09. The fraction of sp³-hybridized carbons (Fsp3) is 0.455. The normalized spacial score (nSPS) is 14.8. The number of carbonyl (C=O) groups excluding carboxylic acids is 3. The molecule has 34 heavy (non-hydrogen) atoms. The molecule has 186 valence electrons. The average molecular weight is 494 g/mol. The summed E-state index contributed by atoms with van der Waals surface area (Å²) in [6, 6.07) is 2.67. The Kier molecular flexibility index (Phi) is 9.90. The van der Waals surface area contributed by atoms with Crippen LogP contribution in [0.1, 0.15) is 19.4 Å². The molecule has 2 rings (SSSR count). The number of rotatable bonds is 12. The van der Waals surface area contributed by atoms with E-state index >= 15 is 0 Å². The number of carboxylic acids is 1. The van der Waals surface area contributed by atoms with E-state index in [0.717, 1.165) is 10.9 Å². The summed E-state index contributed by atoms with van der Waals surface area (Å²) in [5, 5.41) is 27.4. The number of nitrogens with two attached hydrogens (primary N) is 1. The van der Waals surface area contributed by atoms with Crippen LogP contribution in [-0.2, 0) is 25.6 Å². The lowest BCUT2D eigenvalue weighted by Gasteiger charge is -2.26. The first-order valence-corrected chi connectivity index (χ1v) is 11.4. The van der Waals surface area contributed by atoms with Crippen LogP contribution in [0.2, 0.25) is 0 Å². The predicted molar refractivity (Wildman–Crippen MR) is 129 cm³/mol. The standard InChI is InChI=1S/C22H31N5O6S/c1-11(2)18(27-19(29)14(23)10-34)21(31)26-17(9-28)20(30)25-16(22(32)33)7-12-8-24-15-6-4-3-5-13(12)15/h3-6,8,11,14,16-18,24,28,34H,7,9-10,23H2,1-2H3,(H,25,30)(H,26,31)(H,27,29)(H,32,33). The second-order valence-electron chi connectivity index (χ2n) is 8.23. The first-order chi connectivity index (χ1) is 16.1. The molecule has 0 spiro atoms. The van der Waals surface area contributed by atoms with Crippen molar-refractivity contribution in [1.29, 1.82) is 0 Å². The van der Waals surface area contributed by atoms with Gasteiger partial charge in [0, 0.05) is 29.3 Å². The van der Waals surface area contributed by atoms with Crippen LogP contribution >= 0.6 is 12.6 Å². The number of aliphatic hydroxyl groups is 1. The van der Waals surface area contributed by atoms with Gasteiger partial charge in [-0.2, -0.15) is 12.6 Å². The van der Waals surface area contributed by atoms with Crippen molar-refractivity contribution in [3.05, 3.63) is 36.0 Å². The lowest BCUT2D eigenvalue weighted by atomic mass is 10.0. The zero-order chi connectivity index (χ0) is 25.4. The lowest BCUT2D eigenvalue weighted by molar-refractivity contribution is -0.142. The molecule has 3 amide bonds. The van der Waals surface area contributed by atoms with Crippen LogP contribution < -0.4 is 21.7 Å². The Morgan fingerprint density at radius 3 is 2.26 bits per heavy atom. The number of aliphatic hydroxyl groups excluding tert-OH is 1. The number of fused-ring (bicyclic) bond motifs is 1. The molecule has 0 saturated heterocycles. The van der Waals surface area contributed by atoms with E-state index in [1.54, 1.807) is 20.0 Å². The van der Waals surface area contributed by atoms with Gasteiger partial charge < -0.3 is 36.9 Å². The third-order valence-corrected chi connectivity index (χ3v) is 5.70. The van der Waals surface area contributed by atoms with Crippen LogP contribution in [0, 0.1) is 5.92 Å². The molecule has 0 saturated carbocycles. The SMILES string of the molecule is CC(C)C(NC(=O)C(N)CS)C(=O)NC(CO)C(=O)NC(Cc1c[nH]c2ccccc12)C(=O)O. The van der Waals surface area contributed by atoms with Gasteiger partial charge in [-0.3, -0.25) is 14.4 Å². The average Bonchev–Trinajstić information content (AvgIpc) is 3.21. The monoisotopic (exact) mass is 493 g/mol. The molecule has 2 aromatic rings. The molecule has 8 N–H and O–H groups in total. The molecule has 0 aliphatic carbocycles. The number of carbonyl (C=O) groups is 4.